The van der Waals surface area contributed by atoms with E-state index in [0.29, 0.717) is 6.54 Å². The number of hydrogen-bond acceptors (Lipinski definition) is 6. The lowest BCUT2D eigenvalue weighted by Gasteiger charge is -2.36. The molecule has 0 spiro atoms. The fourth-order valence-electron chi connectivity index (χ4n) is 5.22. The number of benzene rings is 1. The van der Waals surface area contributed by atoms with Crippen LogP contribution in [0, 0.1) is 19.8 Å². The van der Waals surface area contributed by atoms with Gasteiger partial charge in [-0.05, 0) is 86.6 Å². The quantitative estimate of drug-likeness (QED) is 0.479. The Labute approximate surface area is 208 Å². The highest BCUT2D eigenvalue weighted by Gasteiger charge is 2.35. The summed E-state index contributed by atoms with van der Waals surface area (Å²) < 4.78 is 8.00. The number of aryl methyl sites for hydroxylation is 2. The van der Waals surface area contributed by atoms with E-state index in [1.165, 1.54) is 0 Å². The number of rotatable bonds is 9. The third-order valence-electron chi connectivity index (χ3n) is 7.45. The summed E-state index contributed by atoms with van der Waals surface area (Å²) in [5, 5.41) is 14.1. The molecule has 8 heteroatoms. The zero-order valence-corrected chi connectivity index (χ0v) is 22.3. The Morgan fingerprint density at radius 3 is 2.69 bits per heavy atom. The van der Waals surface area contributed by atoms with Crippen molar-refractivity contribution in [1.29, 1.82) is 0 Å². The molecule has 2 atom stereocenters. The van der Waals surface area contributed by atoms with Gasteiger partial charge in [0.05, 0.1) is 17.7 Å². The van der Waals surface area contributed by atoms with Crippen molar-refractivity contribution in [3.63, 3.8) is 0 Å². The van der Waals surface area contributed by atoms with Gasteiger partial charge in [0.25, 0.3) is 5.56 Å². The average Bonchev–Trinajstić information content (AvgIpc) is 3.47. The molecule has 8 nitrogen and oxygen atoms in total. The molecule has 3 heterocycles. The van der Waals surface area contributed by atoms with Gasteiger partial charge in [0.2, 0.25) is 0 Å². The maximum absolute atomic E-state index is 13.2. The summed E-state index contributed by atoms with van der Waals surface area (Å²) >= 11 is 0. The zero-order valence-electron chi connectivity index (χ0n) is 22.3. The molecule has 0 bridgehead atoms. The minimum absolute atomic E-state index is 0.0455. The Hall–Kier alpha value is -2.58. The van der Waals surface area contributed by atoms with Crippen molar-refractivity contribution < 1.29 is 4.74 Å². The largest absolute Gasteiger partial charge is 0.377 e. The van der Waals surface area contributed by atoms with Gasteiger partial charge in [-0.2, -0.15) is 0 Å². The zero-order chi connectivity index (χ0) is 25.3. The third kappa shape index (κ3) is 5.33. The summed E-state index contributed by atoms with van der Waals surface area (Å²) in [6, 6.07) is 6.19. The van der Waals surface area contributed by atoms with Crippen LogP contribution in [0.15, 0.2) is 23.0 Å². The maximum atomic E-state index is 13.2. The topological polar surface area (TPSA) is 88.9 Å². The van der Waals surface area contributed by atoms with Crippen molar-refractivity contribution in [2.24, 2.45) is 5.92 Å². The van der Waals surface area contributed by atoms with Crippen LogP contribution < -0.4 is 5.56 Å². The fourth-order valence-corrected chi connectivity index (χ4v) is 5.22. The normalized spacial score (nSPS) is 17.7. The van der Waals surface area contributed by atoms with Crippen LogP contribution in [0.5, 0.6) is 0 Å². The van der Waals surface area contributed by atoms with Gasteiger partial charge in [0.1, 0.15) is 0 Å². The lowest BCUT2D eigenvalue weighted by Crippen LogP contribution is -2.41. The van der Waals surface area contributed by atoms with Crippen LogP contribution >= 0.6 is 0 Å². The van der Waals surface area contributed by atoms with Gasteiger partial charge >= 0.3 is 0 Å². The Bertz CT molecular complexity index is 1220. The molecule has 3 aromatic rings. The van der Waals surface area contributed by atoms with Crippen molar-refractivity contribution in [3.8, 4) is 0 Å². The lowest BCUT2D eigenvalue weighted by molar-refractivity contribution is 0.0368. The number of fused-ring (bicyclic) bond motifs is 1. The molecule has 2 unspecified atom stereocenters. The SMILES string of the molecule is CCC(C)(C)n1nnnc1C(C(C)C)N(Cc1cc2c(C)cc(C)cc2[nH]c1=O)CC1CCCO1. The van der Waals surface area contributed by atoms with Crippen LogP contribution in [0.3, 0.4) is 0 Å². The molecule has 0 aliphatic carbocycles. The molecule has 1 aliphatic rings. The Morgan fingerprint density at radius 2 is 2.03 bits per heavy atom. The Kier molecular flexibility index (Phi) is 7.43. The van der Waals surface area contributed by atoms with Crippen LogP contribution in [0.2, 0.25) is 0 Å². The lowest BCUT2D eigenvalue weighted by atomic mass is 9.96. The highest BCUT2D eigenvalue weighted by molar-refractivity contribution is 5.83. The second-order valence-corrected chi connectivity index (χ2v) is 11.0. The second-order valence-electron chi connectivity index (χ2n) is 11.0. The predicted octanol–water partition coefficient (Wildman–Crippen LogP) is 4.65. The number of tetrazole rings is 1. The molecule has 1 fully saturated rings. The predicted molar refractivity (Wildman–Crippen MR) is 138 cm³/mol. The van der Waals surface area contributed by atoms with Crippen molar-refractivity contribution >= 4 is 10.9 Å². The van der Waals surface area contributed by atoms with E-state index in [1.54, 1.807) is 0 Å². The fraction of sp³-hybridized carbons (Fsp3) is 0.630. The van der Waals surface area contributed by atoms with Gasteiger partial charge in [0, 0.05) is 36.2 Å². The van der Waals surface area contributed by atoms with Crippen molar-refractivity contribution in [1.82, 2.24) is 30.1 Å². The molecular formula is C27H40N6O2. The van der Waals surface area contributed by atoms with Crippen LogP contribution in [0.4, 0.5) is 0 Å². The molecule has 2 aromatic heterocycles. The highest BCUT2D eigenvalue weighted by Crippen LogP contribution is 2.33. The monoisotopic (exact) mass is 480 g/mol. The first-order valence-electron chi connectivity index (χ1n) is 12.9. The van der Waals surface area contributed by atoms with E-state index in [0.717, 1.165) is 65.8 Å². The first kappa shape index (κ1) is 25.5. The standard InChI is InChI=1S/C27H40N6O2/c1-8-27(6,7)33-25(29-30-31-33)24(17(2)3)32(16-21-10-9-11-35-21)15-20-14-22-19(5)12-18(4)13-23(22)28-26(20)34/h12-14,17,21,24H,8-11,15-16H2,1-7H3,(H,28,34). The molecule has 190 valence electrons. The molecule has 1 saturated heterocycles. The van der Waals surface area contributed by atoms with E-state index >= 15 is 0 Å². The molecule has 1 aliphatic heterocycles. The van der Waals surface area contributed by atoms with E-state index in [-0.39, 0.29) is 29.2 Å². The van der Waals surface area contributed by atoms with Crippen LogP contribution in [-0.4, -0.2) is 49.3 Å². The van der Waals surface area contributed by atoms with Gasteiger partial charge in [-0.15, -0.1) is 5.10 Å². The van der Waals surface area contributed by atoms with Gasteiger partial charge in [-0.3, -0.25) is 9.69 Å². The summed E-state index contributed by atoms with van der Waals surface area (Å²) in [7, 11) is 0. The molecule has 1 aromatic carbocycles. The summed E-state index contributed by atoms with van der Waals surface area (Å²) in [6.07, 6.45) is 3.15. The van der Waals surface area contributed by atoms with E-state index in [1.807, 2.05) is 10.7 Å². The minimum atomic E-state index is -0.211. The van der Waals surface area contributed by atoms with E-state index < -0.39 is 0 Å². The number of aromatic nitrogens is 5. The van der Waals surface area contributed by atoms with Gasteiger partial charge < -0.3 is 9.72 Å². The van der Waals surface area contributed by atoms with Crippen LogP contribution in [-0.2, 0) is 16.8 Å². The molecule has 0 amide bonds. The summed E-state index contributed by atoms with van der Waals surface area (Å²) in [6.45, 7) is 17.0. The smallest absolute Gasteiger partial charge is 0.252 e. The highest BCUT2D eigenvalue weighted by atomic mass is 16.5. The van der Waals surface area contributed by atoms with Crippen LogP contribution in [0.1, 0.15) is 82.4 Å². The number of nitrogens with one attached hydrogen (secondary N) is 1. The molecule has 1 N–H and O–H groups in total. The summed E-state index contributed by atoms with van der Waals surface area (Å²) in [5.74, 6) is 1.08. The van der Waals surface area contributed by atoms with Gasteiger partial charge in [0.15, 0.2) is 5.82 Å². The van der Waals surface area contributed by atoms with Crippen molar-refractivity contribution in [2.75, 3.05) is 13.2 Å². The third-order valence-corrected chi connectivity index (χ3v) is 7.45. The first-order valence-corrected chi connectivity index (χ1v) is 12.9. The van der Waals surface area contributed by atoms with E-state index in [9.17, 15) is 4.79 Å². The number of nitrogens with zero attached hydrogens (tertiary/aromatic N) is 5. The molecule has 4 rings (SSSR count). The van der Waals surface area contributed by atoms with E-state index in [4.69, 9.17) is 4.74 Å². The van der Waals surface area contributed by atoms with Crippen molar-refractivity contribution in [3.05, 3.63) is 51.1 Å². The second kappa shape index (κ2) is 10.2. The molecular weight excluding hydrogens is 440 g/mol. The maximum Gasteiger partial charge on any atom is 0.252 e. The first-order chi connectivity index (χ1) is 16.6. The molecule has 0 radical (unpaired) electrons. The number of ether oxygens (including phenoxy) is 1. The number of aromatic amines is 1. The van der Waals surface area contributed by atoms with Gasteiger partial charge in [-0.25, -0.2) is 4.68 Å². The summed E-state index contributed by atoms with van der Waals surface area (Å²) in [4.78, 5) is 18.7. The Morgan fingerprint density at radius 1 is 1.26 bits per heavy atom. The average molecular weight is 481 g/mol. The van der Waals surface area contributed by atoms with E-state index in [2.05, 4.69) is 86.0 Å². The molecule has 35 heavy (non-hydrogen) atoms. The number of H-pyrrole nitrogens is 1. The van der Waals surface area contributed by atoms with Gasteiger partial charge in [-0.1, -0.05) is 26.8 Å². The molecule has 0 saturated carbocycles. The van der Waals surface area contributed by atoms with Crippen molar-refractivity contribution in [2.45, 2.75) is 92.0 Å². The number of hydrogen-bond donors (Lipinski definition) is 1. The minimum Gasteiger partial charge on any atom is -0.377 e. The number of pyridine rings is 1. The van der Waals surface area contributed by atoms with Crippen LogP contribution in [0.25, 0.3) is 10.9 Å². The Balaban J connectivity index is 1.78. The summed E-state index contributed by atoms with van der Waals surface area (Å²) in [5.41, 5.74) is 3.69.